The Hall–Kier alpha value is -3.92. The summed E-state index contributed by atoms with van der Waals surface area (Å²) in [5.74, 6) is 1.18. The van der Waals surface area contributed by atoms with Crippen LogP contribution in [0.25, 0.3) is 22.2 Å². The van der Waals surface area contributed by atoms with Crippen LogP contribution < -0.4 is 16.0 Å². The van der Waals surface area contributed by atoms with E-state index in [0.717, 1.165) is 18.7 Å². The summed E-state index contributed by atoms with van der Waals surface area (Å²) in [6, 6.07) is 11.1. The highest BCUT2D eigenvalue weighted by Crippen LogP contribution is 2.30. The predicted octanol–water partition coefficient (Wildman–Crippen LogP) is 1.92. The maximum atomic E-state index is 13.4. The van der Waals surface area contributed by atoms with Crippen LogP contribution in [0.5, 0.6) is 0 Å². The highest BCUT2D eigenvalue weighted by Gasteiger charge is 2.33. The second kappa shape index (κ2) is 7.06. The number of fused-ring (bicyclic) bond motifs is 2. The molecule has 4 aromatic heterocycles. The van der Waals surface area contributed by atoms with Crippen molar-refractivity contribution in [3.8, 4) is 5.69 Å². The zero-order chi connectivity index (χ0) is 21.8. The zero-order valence-electron chi connectivity index (χ0n) is 16.7. The number of aromatic nitrogens is 7. The second-order valence-corrected chi connectivity index (χ2v) is 8.10. The van der Waals surface area contributed by atoms with Crippen molar-refractivity contribution in [2.45, 2.75) is 18.9 Å². The lowest BCUT2D eigenvalue weighted by Gasteiger charge is -2.42. The Morgan fingerprint density at radius 3 is 2.72 bits per heavy atom. The molecule has 1 unspecified atom stereocenters. The second-order valence-electron chi connectivity index (χ2n) is 7.69. The minimum absolute atomic E-state index is 0.0211. The van der Waals surface area contributed by atoms with E-state index in [4.69, 9.17) is 16.7 Å². The Kier molecular flexibility index (Phi) is 4.15. The minimum Gasteiger partial charge on any atom is -0.352 e. The third-order valence-electron chi connectivity index (χ3n) is 5.90. The van der Waals surface area contributed by atoms with Gasteiger partial charge in [-0.2, -0.15) is 5.10 Å². The Morgan fingerprint density at radius 2 is 1.94 bits per heavy atom. The van der Waals surface area contributed by atoms with Crippen molar-refractivity contribution in [2.75, 3.05) is 11.4 Å². The molecule has 1 atom stereocenters. The summed E-state index contributed by atoms with van der Waals surface area (Å²) in [6.45, 7) is 0.745. The van der Waals surface area contributed by atoms with Gasteiger partial charge in [0.05, 0.1) is 10.7 Å². The van der Waals surface area contributed by atoms with E-state index < -0.39 is 0 Å². The Balaban J connectivity index is 1.46. The van der Waals surface area contributed by atoms with Crippen molar-refractivity contribution < 1.29 is 0 Å². The first-order valence-electron chi connectivity index (χ1n) is 10.1. The highest BCUT2D eigenvalue weighted by atomic mass is 35.5. The molecule has 0 saturated carbocycles. The fourth-order valence-electron chi connectivity index (χ4n) is 4.27. The molecular weight excluding hydrogens is 432 g/mol. The van der Waals surface area contributed by atoms with Crippen LogP contribution in [0.2, 0.25) is 5.02 Å². The molecule has 10 nitrogen and oxygen atoms in total. The number of anilines is 1. The van der Waals surface area contributed by atoms with Gasteiger partial charge in [0.1, 0.15) is 28.9 Å². The third-order valence-corrected chi connectivity index (χ3v) is 6.21. The number of H-pyrrole nitrogens is 2. The van der Waals surface area contributed by atoms with Crippen molar-refractivity contribution in [2.24, 2.45) is 0 Å². The van der Waals surface area contributed by atoms with Gasteiger partial charge in [-0.1, -0.05) is 29.8 Å². The van der Waals surface area contributed by atoms with E-state index >= 15 is 0 Å². The van der Waals surface area contributed by atoms with Crippen LogP contribution in [0.15, 0.2) is 58.5 Å². The average molecular weight is 449 g/mol. The van der Waals surface area contributed by atoms with E-state index in [1.54, 1.807) is 16.8 Å². The summed E-state index contributed by atoms with van der Waals surface area (Å²) in [5, 5.41) is 10.8. The third kappa shape index (κ3) is 2.76. The molecule has 0 spiro atoms. The summed E-state index contributed by atoms with van der Waals surface area (Å²) in [5.41, 5.74) is 1.03. The van der Waals surface area contributed by atoms with E-state index in [-0.39, 0.29) is 17.2 Å². The molecule has 0 radical (unpaired) electrons. The molecule has 2 N–H and O–H groups in total. The summed E-state index contributed by atoms with van der Waals surface area (Å²) in [6.07, 6.45) is 4.49. The van der Waals surface area contributed by atoms with Crippen molar-refractivity contribution in [3.63, 3.8) is 0 Å². The van der Waals surface area contributed by atoms with E-state index in [1.165, 1.54) is 10.8 Å². The van der Waals surface area contributed by atoms with Crippen LogP contribution in [-0.4, -0.2) is 46.9 Å². The summed E-state index contributed by atoms with van der Waals surface area (Å²) in [4.78, 5) is 36.2. The molecule has 0 aliphatic carbocycles. The van der Waals surface area contributed by atoms with E-state index in [0.29, 0.717) is 39.6 Å². The predicted molar refractivity (Wildman–Crippen MR) is 120 cm³/mol. The van der Waals surface area contributed by atoms with Crippen LogP contribution in [0, 0.1) is 0 Å². The minimum atomic E-state index is -0.260. The van der Waals surface area contributed by atoms with Gasteiger partial charge in [0, 0.05) is 25.2 Å². The number of hydrogen-bond donors (Lipinski definition) is 2. The summed E-state index contributed by atoms with van der Waals surface area (Å²) in [7, 11) is 0. The van der Waals surface area contributed by atoms with Gasteiger partial charge in [-0.3, -0.25) is 24.4 Å². The molecule has 1 saturated heterocycles. The molecular formula is C21H17ClN8O2. The summed E-state index contributed by atoms with van der Waals surface area (Å²) < 4.78 is 3.14. The van der Waals surface area contributed by atoms with Crippen molar-refractivity contribution in [3.05, 3.63) is 80.5 Å². The molecule has 1 aliphatic rings. The molecule has 11 heteroatoms. The van der Waals surface area contributed by atoms with Crippen LogP contribution in [0.4, 0.5) is 5.82 Å². The number of aromatic amines is 2. The van der Waals surface area contributed by atoms with E-state index in [9.17, 15) is 9.59 Å². The maximum absolute atomic E-state index is 13.4. The normalized spacial score (nSPS) is 16.0. The number of halogens is 1. The van der Waals surface area contributed by atoms with Crippen LogP contribution in [0.3, 0.4) is 0 Å². The van der Waals surface area contributed by atoms with Crippen LogP contribution >= 0.6 is 11.6 Å². The van der Waals surface area contributed by atoms with Crippen molar-refractivity contribution in [1.29, 1.82) is 0 Å². The van der Waals surface area contributed by atoms with Gasteiger partial charge in [0.15, 0.2) is 5.65 Å². The Morgan fingerprint density at radius 1 is 1.09 bits per heavy atom. The smallest absolute Gasteiger partial charge is 0.284 e. The standard InChI is InChI=1S/C21H17ClN8O2/c22-14-7-9-29-17(14)21(32)30(12-4-2-1-3-5-12)15(27-29)10-13-6-8-28(13)19-16-18(23-11-24-19)25-26-20(16)31/h1-5,7,9,11,13H,6,8,10H2,(H2,23,24,25,26,31). The molecule has 0 bridgehead atoms. The van der Waals surface area contributed by atoms with Gasteiger partial charge >= 0.3 is 0 Å². The van der Waals surface area contributed by atoms with Gasteiger partial charge in [-0.15, -0.1) is 0 Å². The lowest BCUT2D eigenvalue weighted by Crippen LogP contribution is -2.50. The lowest BCUT2D eigenvalue weighted by atomic mass is 9.98. The van der Waals surface area contributed by atoms with Crippen molar-refractivity contribution >= 4 is 34.0 Å². The number of benzene rings is 1. The zero-order valence-corrected chi connectivity index (χ0v) is 17.5. The molecule has 6 rings (SSSR count). The van der Waals surface area contributed by atoms with Gasteiger partial charge < -0.3 is 4.90 Å². The van der Waals surface area contributed by atoms with Gasteiger partial charge in [0.2, 0.25) is 0 Å². The topological polar surface area (TPSA) is 117 Å². The molecule has 1 aliphatic heterocycles. The van der Waals surface area contributed by atoms with Crippen molar-refractivity contribution in [1.82, 2.24) is 34.3 Å². The number of para-hydroxylation sites is 1. The lowest BCUT2D eigenvalue weighted by molar-refractivity contribution is 0.429. The molecule has 1 aromatic carbocycles. The molecule has 5 aromatic rings. The largest absolute Gasteiger partial charge is 0.352 e. The van der Waals surface area contributed by atoms with Gasteiger partial charge in [0.25, 0.3) is 11.1 Å². The first kappa shape index (κ1) is 18.8. The molecule has 0 amide bonds. The quantitative estimate of drug-likeness (QED) is 0.434. The number of hydrogen-bond acceptors (Lipinski definition) is 6. The van der Waals surface area contributed by atoms with Crippen LogP contribution in [-0.2, 0) is 6.42 Å². The average Bonchev–Trinajstić information content (AvgIpc) is 3.35. The number of rotatable bonds is 4. The van der Waals surface area contributed by atoms with E-state index in [2.05, 4.69) is 25.1 Å². The first-order chi connectivity index (χ1) is 15.6. The van der Waals surface area contributed by atoms with E-state index in [1.807, 2.05) is 30.3 Å². The number of nitrogens with one attached hydrogen (secondary N) is 2. The monoisotopic (exact) mass is 448 g/mol. The fraction of sp³-hybridized carbons (Fsp3) is 0.190. The molecule has 5 heterocycles. The summed E-state index contributed by atoms with van der Waals surface area (Å²) >= 11 is 6.26. The molecule has 160 valence electrons. The Labute approximate surface area is 185 Å². The van der Waals surface area contributed by atoms with Gasteiger partial charge in [-0.25, -0.2) is 14.5 Å². The highest BCUT2D eigenvalue weighted by molar-refractivity contribution is 6.33. The Bertz CT molecular complexity index is 1580. The van der Waals surface area contributed by atoms with Gasteiger partial charge in [-0.05, 0) is 24.6 Å². The fourth-order valence-corrected chi connectivity index (χ4v) is 4.49. The SMILES string of the molecule is O=c1[nH][nH]c2ncnc(N3CCC3Cc3nn4ccc(Cl)c4c(=O)n3-c3ccccc3)c12. The van der Waals surface area contributed by atoms with Crippen LogP contribution in [0.1, 0.15) is 12.2 Å². The number of nitrogens with zero attached hydrogens (tertiary/aromatic N) is 6. The maximum Gasteiger partial charge on any atom is 0.284 e. The first-order valence-corrected chi connectivity index (χ1v) is 10.5. The molecule has 1 fully saturated rings. The molecule has 32 heavy (non-hydrogen) atoms.